The summed E-state index contributed by atoms with van der Waals surface area (Å²) in [6.07, 6.45) is 2.80. The SMILES string of the molecule is CCCN(C1CC1)S(=O)(=O)c1ccc(N)cc1. The second-order valence-electron chi connectivity index (χ2n) is 4.42. The lowest BCUT2D eigenvalue weighted by Gasteiger charge is -2.21. The Kier molecular flexibility index (Phi) is 3.40. The number of rotatable bonds is 5. The van der Waals surface area contributed by atoms with E-state index in [1.54, 1.807) is 28.6 Å². The summed E-state index contributed by atoms with van der Waals surface area (Å²) >= 11 is 0. The number of nitrogens with zero attached hydrogens (tertiary/aromatic N) is 1. The third kappa shape index (κ3) is 2.61. The zero-order chi connectivity index (χ0) is 12.5. The summed E-state index contributed by atoms with van der Waals surface area (Å²) in [4.78, 5) is 0.340. The van der Waals surface area contributed by atoms with Gasteiger partial charge < -0.3 is 5.73 Å². The van der Waals surface area contributed by atoms with Crippen LogP contribution in [0.3, 0.4) is 0 Å². The van der Waals surface area contributed by atoms with Gasteiger partial charge in [0.1, 0.15) is 0 Å². The lowest BCUT2D eigenvalue weighted by atomic mass is 10.3. The van der Waals surface area contributed by atoms with Gasteiger partial charge in [0.25, 0.3) is 0 Å². The Morgan fingerprint density at radius 3 is 2.35 bits per heavy atom. The molecule has 94 valence electrons. The first kappa shape index (κ1) is 12.4. The quantitative estimate of drug-likeness (QED) is 0.815. The van der Waals surface area contributed by atoms with Crippen LogP contribution in [0.25, 0.3) is 0 Å². The van der Waals surface area contributed by atoms with Gasteiger partial charge >= 0.3 is 0 Å². The van der Waals surface area contributed by atoms with E-state index in [2.05, 4.69) is 0 Å². The van der Waals surface area contributed by atoms with Crippen LogP contribution < -0.4 is 5.73 Å². The predicted molar refractivity (Wildman–Crippen MR) is 68.1 cm³/mol. The second-order valence-corrected chi connectivity index (χ2v) is 6.31. The molecule has 17 heavy (non-hydrogen) atoms. The molecule has 2 N–H and O–H groups in total. The van der Waals surface area contributed by atoms with Crippen molar-refractivity contribution in [3.8, 4) is 0 Å². The predicted octanol–water partition coefficient (Wildman–Crippen LogP) is 1.83. The number of hydrogen-bond acceptors (Lipinski definition) is 3. The van der Waals surface area contributed by atoms with Crippen LogP contribution in [-0.4, -0.2) is 25.3 Å². The maximum absolute atomic E-state index is 12.4. The monoisotopic (exact) mass is 254 g/mol. The Labute approximate surface area is 102 Å². The first-order valence-electron chi connectivity index (χ1n) is 5.93. The molecule has 0 unspecified atom stereocenters. The van der Waals surface area contributed by atoms with Crippen molar-refractivity contribution in [2.45, 2.75) is 37.1 Å². The molecule has 1 fully saturated rings. The molecule has 2 rings (SSSR count). The Hall–Kier alpha value is -1.07. The number of nitrogen functional groups attached to an aromatic ring is 1. The largest absolute Gasteiger partial charge is 0.399 e. The summed E-state index contributed by atoms with van der Waals surface area (Å²) < 4.78 is 26.4. The Morgan fingerprint density at radius 1 is 1.29 bits per heavy atom. The Morgan fingerprint density at radius 2 is 1.88 bits per heavy atom. The van der Waals surface area contributed by atoms with E-state index in [0.717, 1.165) is 19.3 Å². The van der Waals surface area contributed by atoms with Gasteiger partial charge in [-0.3, -0.25) is 0 Å². The van der Waals surface area contributed by atoms with Gasteiger partial charge in [0.05, 0.1) is 4.90 Å². The number of nitrogens with two attached hydrogens (primary N) is 1. The molecular weight excluding hydrogens is 236 g/mol. The highest BCUT2D eigenvalue weighted by Gasteiger charge is 2.37. The third-order valence-corrected chi connectivity index (χ3v) is 4.85. The lowest BCUT2D eigenvalue weighted by Crippen LogP contribution is -2.33. The molecule has 1 aromatic rings. The van der Waals surface area contributed by atoms with Crippen LogP contribution in [0.1, 0.15) is 26.2 Å². The van der Waals surface area contributed by atoms with Gasteiger partial charge in [-0.2, -0.15) is 4.31 Å². The summed E-state index contributed by atoms with van der Waals surface area (Å²) in [6.45, 7) is 2.59. The first-order chi connectivity index (χ1) is 8.05. The van der Waals surface area contributed by atoms with E-state index in [0.29, 0.717) is 17.1 Å². The molecule has 0 radical (unpaired) electrons. The Bertz CT molecular complexity index is 478. The molecule has 1 aliphatic carbocycles. The van der Waals surface area contributed by atoms with Crippen molar-refractivity contribution in [3.05, 3.63) is 24.3 Å². The van der Waals surface area contributed by atoms with Gasteiger partial charge in [-0.05, 0) is 43.5 Å². The fourth-order valence-corrected chi connectivity index (χ4v) is 3.63. The van der Waals surface area contributed by atoms with Crippen molar-refractivity contribution >= 4 is 15.7 Å². The smallest absolute Gasteiger partial charge is 0.243 e. The van der Waals surface area contributed by atoms with E-state index in [1.165, 1.54) is 0 Å². The highest BCUT2D eigenvalue weighted by atomic mass is 32.2. The van der Waals surface area contributed by atoms with Crippen LogP contribution in [0.4, 0.5) is 5.69 Å². The van der Waals surface area contributed by atoms with E-state index in [-0.39, 0.29) is 6.04 Å². The van der Waals surface area contributed by atoms with E-state index in [4.69, 9.17) is 5.73 Å². The minimum atomic E-state index is -3.34. The van der Waals surface area contributed by atoms with Crippen molar-refractivity contribution < 1.29 is 8.42 Å². The molecular formula is C12H18N2O2S. The van der Waals surface area contributed by atoms with E-state index in [1.807, 2.05) is 6.92 Å². The molecule has 5 heteroatoms. The molecule has 0 aromatic heterocycles. The topological polar surface area (TPSA) is 63.4 Å². The van der Waals surface area contributed by atoms with Crippen LogP contribution in [0.2, 0.25) is 0 Å². The van der Waals surface area contributed by atoms with E-state index in [9.17, 15) is 8.42 Å². The molecule has 0 amide bonds. The van der Waals surface area contributed by atoms with Gasteiger partial charge in [0.2, 0.25) is 10.0 Å². The van der Waals surface area contributed by atoms with Crippen LogP contribution >= 0.6 is 0 Å². The summed E-state index contributed by atoms with van der Waals surface area (Å²) in [5.41, 5.74) is 6.15. The average Bonchev–Trinajstić information content (AvgIpc) is 3.10. The minimum absolute atomic E-state index is 0.206. The van der Waals surface area contributed by atoms with Gasteiger partial charge in [0.15, 0.2) is 0 Å². The van der Waals surface area contributed by atoms with Gasteiger partial charge in [0, 0.05) is 18.3 Å². The van der Waals surface area contributed by atoms with Crippen molar-refractivity contribution in [2.75, 3.05) is 12.3 Å². The van der Waals surface area contributed by atoms with Crippen molar-refractivity contribution in [2.24, 2.45) is 0 Å². The fraction of sp³-hybridized carbons (Fsp3) is 0.500. The first-order valence-corrected chi connectivity index (χ1v) is 7.37. The summed E-state index contributed by atoms with van der Waals surface area (Å²) in [5, 5.41) is 0. The van der Waals surface area contributed by atoms with Gasteiger partial charge in [-0.1, -0.05) is 6.92 Å². The standard InChI is InChI=1S/C12H18N2O2S/c1-2-9-14(11-5-6-11)17(15,16)12-7-3-10(13)4-8-12/h3-4,7-8,11H,2,5-6,9,13H2,1H3. The fourth-order valence-electron chi connectivity index (χ4n) is 1.86. The molecule has 1 aromatic carbocycles. The Balaban J connectivity index is 2.30. The number of anilines is 1. The molecule has 0 saturated heterocycles. The number of hydrogen-bond donors (Lipinski definition) is 1. The van der Waals surface area contributed by atoms with Gasteiger partial charge in [-0.15, -0.1) is 0 Å². The highest BCUT2D eigenvalue weighted by Crippen LogP contribution is 2.32. The number of sulfonamides is 1. The molecule has 0 aliphatic heterocycles. The normalized spacial score (nSPS) is 16.4. The van der Waals surface area contributed by atoms with Crippen molar-refractivity contribution in [1.29, 1.82) is 0 Å². The maximum atomic E-state index is 12.4. The van der Waals surface area contributed by atoms with Crippen molar-refractivity contribution in [1.82, 2.24) is 4.31 Å². The molecule has 0 spiro atoms. The van der Waals surface area contributed by atoms with Crippen molar-refractivity contribution in [3.63, 3.8) is 0 Å². The molecule has 1 saturated carbocycles. The van der Waals surface area contributed by atoms with E-state index < -0.39 is 10.0 Å². The maximum Gasteiger partial charge on any atom is 0.243 e. The summed E-state index contributed by atoms with van der Waals surface area (Å²) in [6, 6.07) is 6.62. The van der Waals surface area contributed by atoms with Crippen LogP contribution in [0.5, 0.6) is 0 Å². The summed E-state index contributed by atoms with van der Waals surface area (Å²) in [5.74, 6) is 0. The van der Waals surface area contributed by atoms with Crippen LogP contribution in [0, 0.1) is 0 Å². The average molecular weight is 254 g/mol. The second kappa shape index (κ2) is 4.66. The highest BCUT2D eigenvalue weighted by molar-refractivity contribution is 7.89. The van der Waals surface area contributed by atoms with E-state index >= 15 is 0 Å². The third-order valence-electron chi connectivity index (χ3n) is 2.88. The molecule has 0 bridgehead atoms. The zero-order valence-corrected chi connectivity index (χ0v) is 10.8. The molecule has 1 aliphatic rings. The van der Waals surface area contributed by atoms with Gasteiger partial charge in [-0.25, -0.2) is 8.42 Å². The molecule has 0 heterocycles. The molecule has 4 nitrogen and oxygen atoms in total. The lowest BCUT2D eigenvalue weighted by molar-refractivity contribution is 0.403. The zero-order valence-electron chi connectivity index (χ0n) is 9.96. The molecule has 0 atom stereocenters. The number of benzene rings is 1. The van der Waals surface area contributed by atoms with Crippen LogP contribution in [0.15, 0.2) is 29.2 Å². The summed E-state index contributed by atoms with van der Waals surface area (Å²) in [7, 11) is -3.34. The van der Waals surface area contributed by atoms with Crippen LogP contribution in [-0.2, 0) is 10.0 Å². The minimum Gasteiger partial charge on any atom is -0.399 e.